The van der Waals surface area contributed by atoms with Crippen LogP contribution in [0.4, 0.5) is 5.13 Å². The number of fused-ring (bicyclic) bond motifs is 1. The molecule has 1 fully saturated rings. The number of carbonyl (C=O) groups is 3. The second-order valence-electron chi connectivity index (χ2n) is 7.69. The van der Waals surface area contributed by atoms with Crippen LogP contribution in [-0.2, 0) is 14.4 Å². The molecule has 0 saturated carbocycles. The third-order valence-corrected chi connectivity index (χ3v) is 6.57. The summed E-state index contributed by atoms with van der Waals surface area (Å²) in [5.41, 5.74) is 0.830. The third-order valence-electron chi connectivity index (χ3n) is 5.28. The standard InChI is InChI=1S/C22H30N4O4S2/c1-2-30-17-7-8-18-19(13-17)32-22(23-18)24-20(28)14-25-9-11-26(12-10-25)21(29)6-4-3-5-16(27)15-31/h7-8,13,31H,2-6,9-12,14-15H2,1H3,(H,23,24,28). The number of amides is 2. The van der Waals surface area contributed by atoms with Gasteiger partial charge in [-0.25, -0.2) is 4.98 Å². The lowest BCUT2D eigenvalue weighted by Crippen LogP contribution is -2.50. The lowest BCUT2D eigenvalue weighted by molar-refractivity contribution is -0.133. The van der Waals surface area contributed by atoms with E-state index in [0.717, 1.165) is 28.8 Å². The van der Waals surface area contributed by atoms with Gasteiger partial charge in [-0.3, -0.25) is 19.3 Å². The number of unbranched alkanes of at least 4 members (excludes halogenated alkanes) is 1. The van der Waals surface area contributed by atoms with Gasteiger partial charge in [-0.2, -0.15) is 12.6 Å². The van der Waals surface area contributed by atoms with Gasteiger partial charge >= 0.3 is 0 Å². The van der Waals surface area contributed by atoms with Crippen LogP contribution in [0.2, 0.25) is 0 Å². The minimum Gasteiger partial charge on any atom is -0.494 e. The Morgan fingerprint density at radius 3 is 2.62 bits per heavy atom. The number of hydrogen-bond acceptors (Lipinski definition) is 8. The first-order valence-corrected chi connectivity index (χ1v) is 12.4. The predicted molar refractivity (Wildman–Crippen MR) is 130 cm³/mol. The van der Waals surface area contributed by atoms with Crippen LogP contribution in [0.3, 0.4) is 0 Å². The lowest BCUT2D eigenvalue weighted by atomic mass is 10.1. The Kier molecular flexibility index (Phi) is 9.31. The van der Waals surface area contributed by atoms with Gasteiger partial charge in [0, 0.05) is 44.8 Å². The summed E-state index contributed by atoms with van der Waals surface area (Å²) < 4.78 is 6.48. The van der Waals surface area contributed by atoms with Crippen LogP contribution in [0.25, 0.3) is 10.2 Å². The molecule has 174 valence electrons. The smallest absolute Gasteiger partial charge is 0.240 e. The number of aromatic nitrogens is 1. The number of benzene rings is 1. The Bertz CT molecular complexity index is 941. The normalized spacial score (nSPS) is 14.5. The summed E-state index contributed by atoms with van der Waals surface area (Å²) in [6.45, 7) is 5.36. The number of anilines is 1. The number of thiazole rings is 1. The molecular formula is C22H30N4O4S2. The van der Waals surface area contributed by atoms with E-state index in [1.54, 1.807) is 0 Å². The summed E-state index contributed by atoms with van der Waals surface area (Å²) in [5, 5.41) is 3.46. The second kappa shape index (κ2) is 12.2. The SMILES string of the molecule is CCOc1ccc2nc(NC(=O)CN3CCN(C(=O)CCCCC(=O)CS)CC3)sc2c1. The van der Waals surface area contributed by atoms with Gasteiger partial charge in [-0.15, -0.1) is 0 Å². The number of Topliss-reactive ketones (excluding diaryl/α,β-unsaturated/α-hetero) is 1. The molecule has 32 heavy (non-hydrogen) atoms. The van der Waals surface area contributed by atoms with E-state index in [2.05, 4.69) is 22.9 Å². The Morgan fingerprint density at radius 1 is 1.16 bits per heavy atom. The number of thiol groups is 1. The molecule has 8 nitrogen and oxygen atoms in total. The van der Waals surface area contributed by atoms with Crippen LogP contribution in [0.15, 0.2) is 18.2 Å². The molecule has 1 aromatic heterocycles. The summed E-state index contributed by atoms with van der Waals surface area (Å²) in [4.78, 5) is 44.4. The van der Waals surface area contributed by atoms with Crippen LogP contribution in [-0.4, -0.2) is 77.5 Å². The van der Waals surface area contributed by atoms with E-state index < -0.39 is 0 Å². The first kappa shape index (κ1) is 24.5. The summed E-state index contributed by atoms with van der Waals surface area (Å²) in [5.74, 6) is 1.18. The lowest BCUT2D eigenvalue weighted by Gasteiger charge is -2.34. The van der Waals surface area contributed by atoms with Crippen molar-refractivity contribution in [1.82, 2.24) is 14.8 Å². The summed E-state index contributed by atoms with van der Waals surface area (Å²) in [6, 6.07) is 5.70. The van der Waals surface area contributed by atoms with Gasteiger partial charge in [-0.1, -0.05) is 11.3 Å². The second-order valence-corrected chi connectivity index (χ2v) is 9.04. The number of nitrogens with one attached hydrogen (secondary N) is 1. The van der Waals surface area contributed by atoms with Crippen LogP contribution in [0, 0.1) is 0 Å². The molecule has 0 aliphatic carbocycles. The van der Waals surface area contributed by atoms with E-state index in [0.29, 0.717) is 50.8 Å². The van der Waals surface area contributed by atoms with Crippen molar-refractivity contribution in [1.29, 1.82) is 0 Å². The number of hydrogen-bond donors (Lipinski definition) is 2. The van der Waals surface area contributed by atoms with Crippen molar-refractivity contribution in [3.63, 3.8) is 0 Å². The topological polar surface area (TPSA) is 91.8 Å². The molecule has 0 radical (unpaired) electrons. The number of ketones is 1. The highest BCUT2D eigenvalue weighted by molar-refractivity contribution is 7.81. The fourth-order valence-electron chi connectivity index (χ4n) is 3.57. The van der Waals surface area contributed by atoms with Crippen molar-refractivity contribution < 1.29 is 19.1 Å². The van der Waals surface area contributed by atoms with Gasteiger partial charge in [0.2, 0.25) is 11.8 Å². The van der Waals surface area contributed by atoms with Crippen molar-refractivity contribution in [2.75, 3.05) is 50.4 Å². The maximum atomic E-state index is 12.5. The molecule has 1 aromatic carbocycles. The minimum atomic E-state index is -0.109. The molecule has 0 unspecified atom stereocenters. The van der Waals surface area contributed by atoms with Gasteiger partial charge in [0.05, 0.1) is 23.4 Å². The largest absolute Gasteiger partial charge is 0.494 e. The number of ether oxygens (including phenoxy) is 1. The molecule has 2 aromatic rings. The van der Waals surface area contributed by atoms with Crippen molar-refractivity contribution in [3.05, 3.63) is 18.2 Å². The Balaban J connectivity index is 1.39. The van der Waals surface area contributed by atoms with E-state index in [9.17, 15) is 14.4 Å². The van der Waals surface area contributed by atoms with Gasteiger partial charge in [-0.05, 0) is 38.0 Å². The highest BCUT2D eigenvalue weighted by Crippen LogP contribution is 2.29. The Hall–Kier alpha value is -2.17. The van der Waals surface area contributed by atoms with Gasteiger partial charge in [0.25, 0.3) is 0 Å². The number of piperazine rings is 1. The van der Waals surface area contributed by atoms with E-state index in [-0.39, 0.29) is 29.9 Å². The van der Waals surface area contributed by atoms with Crippen LogP contribution in [0.1, 0.15) is 32.6 Å². The molecule has 1 saturated heterocycles. The highest BCUT2D eigenvalue weighted by Gasteiger charge is 2.22. The summed E-state index contributed by atoms with van der Waals surface area (Å²) in [6.07, 6.45) is 2.39. The maximum Gasteiger partial charge on any atom is 0.240 e. The molecule has 0 atom stereocenters. The molecule has 0 spiro atoms. The quantitative estimate of drug-likeness (QED) is 0.381. The monoisotopic (exact) mass is 478 g/mol. The molecule has 10 heteroatoms. The molecular weight excluding hydrogens is 448 g/mol. The number of carbonyl (C=O) groups excluding carboxylic acids is 3. The molecule has 2 amide bonds. The van der Waals surface area contributed by atoms with Crippen molar-refractivity contribution in [3.8, 4) is 5.75 Å². The number of nitrogens with zero attached hydrogens (tertiary/aromatic N) is 3. The average Bonchev–Trinajstić information content (AvgIpc) is 3.18. The van der Waals surface area contributed by atoms with Gasteiger partial charge in [0.1, 0.15) is 11.5 Å². The fraction of sp³-hybridized carbons (Fsp3) is 0.545. The van der Waals surface area contributed by atoms with Crippen molar-refractivity contribution in [2.45, 2.75) is 32.6 Å². The number of rotatable bonds is 11. The predicted octanol–water partition coefficient (Wildman–Crippen LogP) is 2.84. The van der Waals surface area contributed by atoms with Gasteiger partial charge in [0.15, 0.2) is 5.13 Å². The maximum absolute atomic E-state index is 12.5. The molecule has 1 N–H and O–H groups in total. The highest BCUT2D eigenvalue weighted by atomic mass is 32.1. The van der Waals surface area contributed by atoms with E-state index in [1.165, 1.54) is 11.3 Å². The summed E-state index contributed by atoms with van der Waals surface area (Å²) >= 11 is 5.38. The zero-order valence-corrected chi connectivity index (χ0v) is 20.1. The molecule has 0 bridgehead atoms. The zero-order chi connectivity index (χ0) is 22.9. The van der Waals surface area contributed by atoms with Gasteiger partial charge < -0.3 is 15.0 Å². The average molecular weight is 479 g/mol. The van der Waals surface area contributed by atoms with Crippen molar-refractivity contribution >= 4 is 56.9 Å². The zero-order valence-electron chi connectivity index (χ0n) is 18.3. The molecule has 1 aliphatic heterocycles. The van der Waals surface area contributed by atoms with E-state index in [1.807, 2.05) is 34.9 Å². The Morgan fingerprint density at radius 2 is 1.91 bits per heavy atom. The van der Waals surface area contributed by atoms with Crippen LogP contribution < -0.4 is 10.1 Å². The van der Waals surface area contributed by atoms with Crippen LogP contribution >= 0.6 is 24.0 Å². The van der Waals surface area contributed by atoms with E-state index in [4.69, 9.17) is 4.74 Å². The van der Waals surface area contributed by atoms with Crippen molar-refractivity contribution in [2.24, 2.45) is 0 Å². The minimum absolute atomic E-state index is 0.109. The first-order chi connectivity index (χ1) is 15.5. The summed E-state index contributed by atoms with van der Waals surface area (Å²) in [7, 11) is 0. The molecule has 2 heterocycles. The third kappa shape index (κ3) is 7.18. The molecule has 3 rings (SSSR count). The van der Waals surface area contributed by atoms with E-state index >= 15 is 0 Å². The van der Waals surface area contributed by atoms with Crippen LogP contribution in [0.5, 0.6) is 5.75 Å². The Labute approximate surface area is 197 Å². The fourth-order valence-corrected chi connectivity index (χ4v) is 4.64. The first-order valence-electron chi connectivity index (χ1n) is 10.9. The molecule has 1 aliphatic rings.